The van der Waals surface area contributed by atoms with Crippen LogP contribution in [-0.4, -0.2) is 12.5 Å². The average Bonchev–Trinajstić information content (AvgIpc) is 2.64. The van der Waals surface area contributed by atoms with E-state index in [-0.39, 0.29) is 12.5 Å². The fraction of sp³-hybridized carbons (Fsp3) is 0.0833. The van der Waals surface area contributed by atoms with E-state index >= 15 is 0 Å². The van der Waals surface area contributed by atoms with Gasteiger partial charge in [-0.05, 0) is 6.07 Å². The van der Waals surface area contributed by atoms with Gasteiger partial charge in [0.05, 0.1) is 11.6 Å². The predicted molar refractivity (Wildman–Crippen MR) is 74.2 cm³/mol. The van der Waals surface area contributed by atoms with Crippen molar-refractivity contribution in [3.05, 3.63) is 45.8 Å². The van der Waals surface area contributed by atoms with Crippen LogP contribution in [0.15, 0.2) is 35.9 Å². The molecule has 1 aromatic carbocycles. The van der Waals surface area contributed by atoms with Crippen LogP contribution >= 0.6 is 34.5 Å². The maximum Gasteiger partial charge on any atom is 0.263 e. The van der Waals surface area contributed by atoms with Gasteiger partial charge in [-0.3, -0.25) is 4.79 Å². The number of carbonyl (C=O) groups excluding carboxylic acids is 1. The molecule has 0 aliphatic rings. The van der Waals surface area contributed by atoms with Gasteiger partial charge in [0, 0.05) is 15.1 Å². The summed E-state index contributed by atoms with van der Waals surface area (Å²) in [7, 11) is 0. The van der Waals surface area contributed by atoms with Gasteiger partial charge < -0.3 is 5.32 Å². The van der Waals surface area contributed by atoms with Gasteiger partial charge in [-0.1, -0.05) is 48.0 Å². The van der Waals surface area contributed by atoms with Gasteiger partial charge in [-0.15, -0.1) is 11.3 Å². The lowest BCUT2D eigenvalue weighted by atomic mass is 10.2. The fourth-order valence-corrected chi connectivity index (χ4v) is 2.92. The van der Waals surface area contributed by atoms with Crippen LogP contribution in [-0.2, 0) is 0 Å². The van der Waals surface area contributed by atoms with E-state index in [1.165, 1.54) is 11.3 Å². The molecule has 2 rings (SSSR count). The molecule has 0 spiro atoms. The Balaban J connectivity index is 2.32. The summed E-state index contributed by atoms with van der Waals surface area (Å²) in [5.74, 6) is -0.224. The zero-order valence-electron chi connectivity index (χ0n) is 8.80. The first-order valence-electron chi connectivity index (χ1n) is 4.88. The zero-order valence-corrected chi connectivity index (χ0v) is 11.1. The number of carbonyl (C=O) groups is 1. The van der Waals surface area contributed by atoms with Crippen molar-refractivity contribution in [1.29, 1.82) is 0 Å². The molecule has 1 heterocycles. The highest BCUT2D eigenvalue weighted by atomic mass is 35.5. The van der Waals surface area contributed by atoms with Crippen molar-refractivity contribution in [2.24, 2.45) is 0 Å². The molecular weight excluding hydrogens is 277 g/mol. The standard InChI is InChI=1S/C12H9Cl2NOS/c1-7(13)6-15-12(16)11-10(14)8-4-2-3-5-9(8)17-11/h2-5H,1,6H2,(H,15,16). The Morgan fingerprint density at radius 2 is 2.12 bits per heavy atom. The van der Waals surface area contributed by atoms with Gasteiger partial charge in [0.15, 0.2) is 0 Å². The van der Waals surface area contributed by atoms with Gasteiger partial charge in [-0.25, -0.2) is 0 Å². The number of halogens is 2. The summed E-state index contributed by atoms with van der Waals surface area (Å²) in [6, 6.07) is 7.63. The minimum atomic E-state index is -0.224. The van der Waals surface area contributed by atoms with Crippen LogP contribution in [0.3, 0.4) is 0 Å². The number of amides is 1. The first-order chi connectivity index (χ1) is 8.09. The summed E-state index contributed by atoms with van der Waals surface area (Å²) in [5.41, 5.74) is 0. The van der Waals surface area contributed by atoms with E-state index in [0.717, 1.165) is 10.1 Å². The maximum absolute atomic E-state index is 11.9. The molecule has 0 unspecified atom stereocenters. The highest BCUT2D eigenvalue weighted by molar-refractivity contribution is 7.21. The molecule has 2 nitrogen and oxygen atoms in total. The average molecular weight is 286 g/mol. The van der Waals surface area contributed by atoms with Crippen LogP contribution in [0.5, 0.6) is 0 Å². The van der Waals surface area contributed by atoms with E-state index in [9.17, 15) is 4.79 Å². The first kappa shape index (κ1) is 12.4. The normalized spacial score (nSPS) is 10.5. The molecule has 88 valence electrons. The highest BCUT2D eigenvalue weighted by Crippen LogP contribution is 2.34. The molecule has 0 saturated carbocycles. The van der Waals surface area contributed by atoms with Crippen molar-refractivity contribution in [2.75, 3.05) is 6.54 Å². The molecule has 0 aliphatic carbocycles. The third kappa shape index (κ3) is 2.63. The Hall–Kier alpha value is -1.03. The SMILES string of the molecule is C=C(Cl)CNC(=O)c1sc2ccccc2c1Cl. The third-order valence-corrected chi connectivity index (χ3v) is 3.99. The van der Waals surface area contributed by atoms with Crippen LogP contribution in [0.4, 0.5) is 0 Å². The van der Waals surface area contributed by atoms with E-state index in [4.69, 9.17) is 23.2 Å². The summed E-state index contributed by atoms with van der Waals surface area (Å²) >= 11 is 13.1. The lowest BCUT2D eigenvalue weighted by Gasteiger charge is -2.01. The minimum absolute atomic E-state index is 0.224. The lowest BCUT2D eigenvalue weighted by molar-refractivity contribution is 0.0962. The van der Waals surface area contributed by atoms with E-state index in [1.807, 2.05) is 24.3 Å². The van der Waals surface area contributed by atoms with Gasteiger partial charge in [-0.2, -0.15) is 0 Å². The lowest BCUT2D eigenvalue weighted by Crippen LogP contribution is -2.23. The summed E-state index contributed by atoms with van der Waals surface area (Å²) in [6.07, 6.45) is 0. The third-order valence-electron chi connectivity index (χ3n) is 2.18. The van der Waals surface area contributed by atoms with Gasteiger partial charge in [0.25, 0.3) is 5.91 Å². The fourth-order valence-electron chi connectivity index (χ4n) is 1.42. The molecule has 0 saturated heterocycles. The second kappa shape index (κ2) is 5.08. The molecule has 1 N–H and O–H groups in total. The molecule has 0 fully saturated rings. The van der Waals surface area contributed by atoms with E-state index in [2.05, 4.69) is 11.9 Å². The topological polar surface area (TPSA) is 29.1 Å². The van der Waals surface area contributed by atoms with Crippen molar-refractivity contribution < 1.29 is 4.79 Å². The molecule has 2 aromatic rings. The monoisotopic (exact) mass is 285 g/mol. The maximum atomic E-state index is 11.9. The molecule has 1 aromatic heterocycles. The zero-order chi connectivity index (χ0) is 12.4. The summed E-state index contributed by atoms with van der Waals surface area (Å²) in [6.45, 7) is 3.75. The van der Waals surface area contributed by atoms with E-state index in [1.54, 1.807) is 0 Å². The second-order valence-corrected chi connectivity index (χ2v) is 5.41. The minimum Gasteiger partial charge on any atom is -0.346 e. The van der Waals surface area contributed by atoms with Crippen LogP contribution in [0.2, 0.25) is 5.02 Å². The molecule has 17 heavy (non-hydrogen) atoms. The van der Waals surface area contributed by atoms with Crippen LogP contribution in [0.1, 0.15) is 9.67 Å². The predicted octanol–water partition coefficient (Wildman–Crippen LogP) is 4.04. The number of fused-ring (bicyclic) bond motifs is 1. The number of nitrogens with one attached hydrogen (secondary N) is 1. The van der Waals surface area contributed by atoms with Crippen LogP contribution in [0.25, 0.3) is 10.1 Å². The Morgan fingerprint density at radius 1 is 1.41 bits per heavy atom. The first-order valence-corrected chi connectivity index (χ1v) is 6.45. The smallest absolute Gasteiger partial charge is 0.263 e. The second-order valence-electron chi connectivity index (χ2n) is 3.44. The molecule has 5 heteroatoms. The van der Waals surface area contributed by atoms with E-state index < -0.39 is 0 Å². The number of benzene rings is 1. The Bertz CT molecular complexity index is 591. The molecular formula is C12H9Cl2NOS. The van der Waals surface area contributed by atoms with Crippen molar-refractivity contribution in [3.63, 3.8) is 0 Å². The Morgan fingerprint density at radius 3 is 2.76 bits per heavy atom. The number of hydrogen-bond acceptors (Lipinski definition) is 2. The number of hydrogen-bond donors (Lipinski definition) is 1. The van der Waals surface area contributed by atoms with Gasteiger partial charge in [0.1, 0.15) is 4.88 Å². The van der Waals surface area contributed by atoms with Crippen molar-refractivity contribution in [3.8, 4) is 0 Å². The highest BCUT2D eigenvalue weighted by Gasteiger charge is 2.16. The van der Waals surface area contributed by atoms with Gasteiger partial charge >= 0.3 is 0 Å². The number of thiophene rings is 1. The van der Waals surface area contributed by atoms with Crippen LogP contribution < -0.4 is 5.32 Å². The van der Waals surface area contributed by atoms with E-state index in [0.29, 0.717) is 14.9 Å². The van der Waals surface area contributed by atoms with Crippen molar-refractivity contribution in [1.82, 2.24) is 5.32 Å². The molecule has 0 radical (unpaired) electrons. The largest absolute Gasteiger partial charge is 0.346 e. The Kier molecular flexibility index (Phi) is 3.72. The van der Waals surface area contributed by atoms with Crippen molar-refractivity contribution in [2.45, 2.75) is 0 Å². The molecule has 0 atom stereocenters. The number of rotatable bonds is 3. The van der Waals surface area contributed by atoms with Crippen LogP contribution in [0, 0.1) is 0 Å². The molecule has 0 bridgehead atoms. The summed E-state index contributed by atoms with van der Waals surface area (Å²) < 4.78 is 0.993. The molecule has 0 aliphatic heterocycles. The summed E-state index contributed by atoms with van der Waals surface area (Å²) in [5, 5.41) is 4.43. The quantitative estimate of drug-likeness (QED) is 0.906. The summed E-state index contributed by atoms with van der Waals surface area (Å²) in [4.78, 5) is 12.4. The Labute approximate surface area is 113 Å². The van der Waals surface area contributed by atoms with Gasteiger partial charge in [0.2, 0.25) is 0 Å². The molecule has 1 amide bonds. The van der Waals surface area contributed by atoms with Crippen molar-refractivity contribution >= 4 is 50.5 Å².